The van der Waals surface area contributed by atoms with Crippen molar-refractivity contribution < 1.29 is 0 Å². The lowest BCUT2D eigenvalue weighted by atomic mass is 9.90. The molecule has 0 saturated heterocycles. The van der Waals surface area contributed by atoms with Gasteiger partial charge >= 0.3 is 0 Å². The fourth-order valence-corrected chi connectivity index (χ4v) is 5.32. The average molecular weight is 378 g/mol. The van der Waals surface area contributed by atoms with Gasteiger partial charge in [-0.3, -0.25) is 0 Å². The molecular weight excluding hydrogens is 360 g/mol. The summed E-state index contributed by atoms with van der Waals surface area (Å²) < 4.78 is 0. The highest BCUT2D eigenvalue weighted by molar-refractivity contribution is 6.40. The van der Waals surface area contributed by atoms with Crippen molar-refractivity contribution in [2.45, 2.75) is 0 Å². The van der Waals surface area contributed by atoms with Gasteiger partial charge in [-0.05, 0) is 64.6 Å². The summed E-state index contributed by atoms with van der Waals surface area (Å²) in [6.45, 7) is 0. The van der Waals surface area contributed by atoms with Gasteiger partial charge in [0.15, 0.2) is 0 Å². The van der Waals surface area contributed by atoms with E-state index in [9.17, 15) is 0 Å². The fourth-order valence-electron chi connectivity index (χ4n) is 5.32. The van der Waals surface area contributed by atoms with Crippen LogP contribution in [0.3, 0.4) is 0 Å². The summed E-state index contributed by atoms with van der Waals surface area (Å²) in [5.41, 5.74) is 0. The molecule has 7 aromatic rings. The van der Waals surface area contributed by atoms with Crippen LogP contribution in [-0.4, -0.2) is 0 Å². The number of benzene rings is 5. The SMILES string of the molecule is c1ccc2c(c1)ccc1cccc3c1c2c1cccc2ccc4ccccc4c3c21. The summed E-state index contributed by atoms with van der Waals surface area (Å²) in [6, 6.07) is 40.1. The molecule has 0 aromatic heterocycles. The molecule has 0 aliphatic carbocycles. The highest BCUT2D eigenvalue weighted by Crippen LogP contribution is 2.43. The van der Waals surface area contributed by atoms with E-state index in [2.05, 4.69) is 109 Å². The van der Waals surface area contributed by atoms with E-state index in [0.717, 1.165) is 0 Å². The van der Waals surface area contributed by atoms with Gasteiger partial charge < -0.3 is 0 Å². The van der Waals surface area contributed by atoms with E-state index < -0.39 is 0 Å². The Balaban J connectivity index is 2.01. The predicted molar refractivity (Wildman–Crippen MR) is 131 cm³/mol. The number of hydrogen-bond donors (Lipinski definition) is 0. The van der Waals surface area contributed by atoms with E-state index in [-0.39, 0.29) is 0 Å². The Labute approximate surface area is 174 Å². The largest absolute Gasteiger partial charge is 0.0616 e. The Morgan fingerprint density at radius 3 is 1.10 bits per heavy atom. The summed E-state index contributed by atoms with van der Waals surface area (Å²) in [5.74, 6) is 0. The molecule has 0 aliphatic rings. The highest BCUT2D eigenvalue weighted by atomic mass is 14.2. The van der Waals surface area contributed by atoms with E-state index >= 15 is 0 Å². The molecule has 0 heterocycles. The molecule has 7 rings (SSSR count). The topological polar surface area (TPSA) is 0 Å². The zero-order valence-corrected chi connectivity index (χ0v) is 16.4. The van der Waals surface area contributed by atoms with Crippen LogP contribution in [0.5, 0.6) is 0 Å². The number of fused-ring (bicyclic) bond motifs is 6. The minimum atomic E-state index is 1.28. The molecule has 0 aliphatic heterocycles. The molecule has 0 unspecified atom stereocenters. The van der Waals surface area contributed by atoms with E-state index in [4.69, 9.17) is 0 Å². The van der Waals surface area contributed by atoms with Gasteiger partial charge in [0, 0.05) is 0 Å². The van der Waals surface area contributed by atoms with Crippen LogP contribution in [0.2, 0.25) is 0 Å². The first kappa shape index (κ1) is 16.0. The van der Waals surface area contributed by atoms with Gasteiger partial charge in [-0.15, -0.1) is 0 Å². The third-order valence-electron chi connectivity index (χ3n) is 6.58. The normalized spacial score (nSPS) is 12.0. The third kappa shape index (κ3) is 2.00. The summed E-state index contributed by atoms with van der Waals surface area (Å²) in [7, 11) is 0. The lowest BCUT2D eigenvalue weighted by Crippen LogP contribution is -1.84. The molecular formula is C30H18. The highest BCUT2D eigenvalue weighted by Gasteiger charge is 2.15. The molecule has 0 N–H and O–H groups in total. The van der Waals surface area contributed by atoms with Crippen molar-refractivity contribution in [1.82, 2.24) is 0 Å². The monoisotopic (exact) mass is 378 g/mol. The summed E-state index contributed by atoms with van der Waals surface area (Å²) >= 11 is 0. The molecule has 0 nitrogen and oxygen atoms in total. The molecule has 0 bridgehead atoms. The maximum absolute atomic E-state index is 2.30. The van der Waals surface area contributed by atoms with E-state index in [1.165, 1.54) is 64.6 Å². The lowest BCUT2D eigenvalue weighted by molar-refractivity contribution is 1.83. The van der Waals surface area contributed by atoms with Gasteiger partial charge in [-0.25, -0.2) is 0 Å². The standard InChI is InChI=1S/C30H18/c1-3-11-23-19(7-1)15-17-21-9-5-14-26-27(21)29(23)25-13-6-10-22-18-16-20-8-2-4-12-24(20)30(26)28(22)25/h1-18H. The van der Waals surface area contributed by atoms with Crippen LogP contribution in [0, 0.1) is 0 Å². The van der Waals surface area contributed by atoms with E-state index in [1.807, 2.05) is 0 Å². The molecule has 0 saturated carbocycles. The Morgan fingerprint density at radius 2 is 0.600 bits per heavy atom. The van der Waals surface area contributed by atoms with Crippen LogP contribution in [0.25, 0.3) is 64.6 Å². The van der Waals surface area contributed by atoms with Gasteiger partial charge in [0.25, 0.3) is 0 Å². The summed E-state index contributed by atoms with van der Waals surface area (Å²) in [6.07, 6.45) is 0. The van der Waals surface area contributed by atoms with E-state index in [1.54, 1.807) is 0 Å². The average Bonchev–Trinajstić information content (AvgIpc) is 3.07. The second kappa shape index (κ2) is 5.81. The Morgan fingerprint density at radius 1 is 0.233 bits per heavy atom. The van der Waals surface area contributed by atoms with Gasteiger partial charge in [-0.2, -0.15) is 0 Å². The molecule has 30 heavy (non-hydrogen) atoms. The first-order chi connectivity index (χ1) is 14.9. The van der Waals surface area contributed by atoms with Gasteiger partial charge in [-0.1, -0.05) is 109 Å². The number of rotatable bonds is 0. The summed E-state index contributed by atoms with van der Waals surface area (Å²) in [4.78, 5) is 0. The van der Waals surface area contributed by atoms with Crippen LogP contribution < -0.4 is 0 Å². The maximum atomic E-state index is 2.30. The zero-order valence-electron chi connectivity index (χ0n) is 16.4. The Bertz CT molecular complexity index is 1650. The molecule has 0 fully saturated rings. The van der Waals surface area contributed by atoms with Crippen LogP contribution in [0.1, 0.15) is 0 Å². The smallest absolute Gasteiger partial charge is 0.00141 e. The zero-order chi connectivity index (χ0) is 19.7. The van der Waals surface area contributed by atoms with Crippen molar-refractivity contribution in [3.63, 3.8) is 0 Å². The minimum Gasteiger partial charge on any atom is -0.0616 e. The molecule has 0 heteroatoms. The quantitative estimate of drug-likeness (QED) is 0.232. The van der Waals surface area contributed by atoms with E-state index in [0.29, 0.717) is 0 Å². The molecule has 138 valence electrons. The van der Waals surface area contributed by atoms with Crippen molar-refractivity contribution in [2.75, 3.05) is 0 Å². The summed E-state index contributed by atoms with van der Waals surface area (Å²) in [5, 5.41) is 15.9. The van der Waals surface area contributed by atoms with Crippen LogP contribution >= 0.6 is 0 Å². The Kier molecular flexibility index (Phi) is 3.09. The Hall–Kier alpha value is -3.90. The first-order valence-corrected chi connectivity index (χ1v) is 10.5. The lowest BCUT2D eigenvalue weighted by Gasteiger charge is -2.13. The predicted octanol–water partition coefficient (Wildman–Crippen LogP) is 8.61. The third-order valence-corrected chi connectivity index (χ3v) is 6.58. The van der Waals surface area contributed by atoms with Crippen molar-refractivity contribution >= 4 is 64.6 Å². The van der Waals surface area contributed by atoms with Crippen LogP contribution in [0.4, 0.5) is 0 Å². The molecule has 7 aromatic carbocycles. The van der Waals surface area contributed by atoms with Gasteiger partial charge in [0.1, 0.15) is 0 Å². The molecule has 0 amide bonds. The van der Waals surface area contributed by atoms with Gasteiger partial charge in [0.05, 0.1) is 0 Å². The van der Waals surface area contributed by atoms with Crippen molar-refractivity contribution in [3.05, 3.63) is 109 Å². The fraction of sp³-hybridized carbons (Fsp3) is 0. The number of hydrogen-bond acceptors (Lipinski definition) is 0. The minimum absolute atomic E-state index is 1.28. The molecule has 0 spiro atoms. The second-order valence-corrected chi connectivity index (χ2v) is 8.13. The maximum Gasteiger partial charge on any atom is -0.00141 e. The molecule has 0 radical (unpaired) electrons. The molecule has 0 atom stereocenters. The first-order valence-electron chi connectivity index (χ1n) is 10.5. The van der Waals surface area contributed by atoms with Crippen molar-refractivity contribution in [1.29, 1.82) is 0 Å². The van der Waals surface area contributed by atoms with Gasteiger partial charge in [0.2, 0.25) is 0 Å². The van der Waals surface area contributed by atoms with Crippen molar-refractivity contribution in [3.8, 4) is 0 Å². The van der Waals surface area contributed by atoms with Crippen LogP contribution in [-0.2, 0) is 0 Å². The van der Waals surface area contributed by atoms with Crippen LogP contribution in [0.15, 0.2) is 109 Å². The van der Waals surface area contributed by atoms with Crippen molar-refractivity contribution in [2.24, 2.45) is 0 Å². The second-order valence-electron chi connectivity index (χ2n) is 8.13.